The molecule has 0 aromatic carbocycles. The smallest absolute Gasteiger partial charge is 0.407 e. The Hall–Kier alpha value is -0.400. The lowest BCUT2D eigenvalue weighted by molar-refractivity contribution is -0.115. The summed E-state index contributed by atoms with van der Waals surface area (Å²) in [5, 5.41) is 2.06. The molecule has 0 saturated heterocycles. The lowest BCUT2D eigenvalue weighted by Gasteiger charge is -2.20. The molecular formula is C7H13NO4S2. The maximum atomic E-state index is 11.3. The van der Waals surface area contributed by atoms with Crippen molar-refractivity contribution >= 4 is 33.7 Å². The number of nitrogens with one attached hydrogen (secondary N) is 1. The first kappa shape index (κ1) is 13.6. The third kappa shape index (κ3) is 4.21. The number of carbonyl (C=O) groups excluding carboxylic acids is 2. The third-order valence-electron chi connectivity index (χ3n) is 1.64. The van der Waals surface area contributed by atoms with E-state index in [1.54, 1.807) is 6.92 Å². The Labute approximate surface area is 91.7 Å². The van der Waals surface area contributed by atoms with Crippen molar-refractivity contribution in [1.29, 1.82) is 0 Å². The van der Waals surface area contributed by atoms with Crippen LogP contribution in [0.25, 0.3) is 0 Å². The highest BCUT2D eigenvalue weighted by Gasteiger charge is 2.26. The summed E-state index contributed by atoms with van der Waals surface area (Å²) in [5.41, 5.74) is 0. The molecule has 0 aliphatic carbocycles. The van der Waals surface area contributed by atoms with Crippen LogP contribution in [0.15, 0.2) is 0 Å². The number of amides is 1. The molecule has 14 heavy (non-hydrogen) atoms. The topological polar surface area (TPSA) is 64.6 Å². The van der Waals surface area contributed by atoms with Crippen LogP contribution in [0.5, 0.6) is 0 Å². The lowest BCUT2D eigenvalue weighted by Crippen LogP contribution is -2.47. The number of ether oxygens (including phenoxy) is 2. The van der Waals surface area contributed by atoms with Gasteiger partial charge in [0.15, 0.2) is 0 Å². The summed E-state index contributed by atoms with van der Waals surface area (Å²) in [4.78, 5) is 22.2. The standard InChI is InChI=1S/C7H13NO4S2/c1-4(11-2)5(6(9)14-13)8-7(10)12-3/h4-5,13H,1-3H3,(H,8,10)/t4-,5-/m1/s1. The van der Waals surface area contributed by atoms with Crippen molar-refractivity contribution in [2.75, 3.05) is 14.2 Å². The van der Waals surface area contributed by atoms with E-state index in [-0.39, 0.29) is 5.12 Å². The molecule has 1 amide bonds. The van der Waals surface area contributed by atoms with Crippen molar-refractivity contribution in [3.05, 3.63) is 0 Å². The SMILES string of the molecule is COC(=O)N[C@@H](C(=O)SS)[C@@H](C)OC. The molecule has 1 N–H and O–H groups in total. The summed E-state index contributed by atoms with van der Waals surface area (Å²) in [6, 6.07) is -0.755. The van der Waals surface area contributed by atoms with Gasteiger partial charge in [-0.2, -0.15) is 0 Å². The van der Waals surface area contributed by atoms with E-state index in [0.29, 0.717) is 0 Å². The average Bonchev–Trinajstić information content (AvgIpc) is 2.23. The van der Waals surface area contributed by atoms with Crippen molar-refractivity contribution in [3.8, 4) is 0 Å². The molecule has 2 atom stereocenters. The van der Waals surface area contributed by atoms with Crippen LogP contribution in [-0.2, 0) is 14.3 Å². The summed E-state index contributed by atoms with van der Waals surface area (Å²) >= 11 is 3.76. The Morgan fingerprint density at radius 2 is 2.00 bits per heavy atom. The summed E-state index contributed by atoms with van der Waals surface area (Å²) in [6.45, 7) is 1.67. The molecule has 5 nitrogen and oxygen atoms in total. The number of thiol groups is 1. The normalized spacial score (nSPS) is 14.3. The van der Waals surface area contributed by atoms with Gasteiger partial charge < -0.3 is 14.8 Å². The fraction of sp³-hybridized carbons (Fsp3) is 0.714. The van der Waals surface area contributed by atoms with Gasteiger partial charge in [0.2, 0.25) is 5.12 Å². The number of alkyl carbamates (subject to hydrolysis) is 1. The maximum absolute atomic E-state index is 11.3. The van der Waals surface area contributed by atoms with E-state index < -0.39 is 18.2 Å². The molecule has 82 valence electrons. The summed E-state index contributed by atoms with van der Waals surface area (Å²) in [5.74, 6) is 0. The first-order valence-electron chi connectivity index (χ1n) is 3.79. The van der Waals surface area contributed by atoms with Crippen molar-refractivity contribution in [3.63, 3.8) is 0 Å². The quantitative estimate of drug-likeness (QED) is 0.562. The number of carbonyl (C=O) groups is 2. The monoisotopic (exact) mass is 239 g/mol. The number of rotatable bonds is 4. The van der Waals surface area contributed by atoms with E-state index in [9.17, 15) is 9.59 Å². The minimum absolute atomic E-state index is 0.298. The molecule has 0 heterocycles. The van der Waals surface area contributed by atoms with E-state index in [0.717, 1.165) is 10.8 Å². The molecule has 0 spiro atoms. The molecule has 0 unspecified atom stereocenters. The Kier molecular flexibility index (Phi) is 6.77. The molecule has 0 aromatic rings. The molecule has 0 aliphatic rings. The predicted molar refractivity (Wildman–Crippen MR) is 57.4 cm³/mol. The summed E-state index contributed by atoms with van der Waals surface area (Å²) < 4.78 is 9.32. The second-order valence-corrected chi connectivity index (χ2v) is 3.60. The minimum atomic E-state index is -0.755. The Morgan fingerprint density at radius 3 is 2.36 bits per heavy atom. The van der Waals surface area contributed by atoms with Crippen LogP contribution in [-0.4, -0.2) is 37.6 Å². The van der Waals surface area contributed by atoms with E-state index in [2.05, 4.69) is 21.7 Å². The average molecular weight is 239 g/mol. The summed E-state index contributed by atoms with van der Waals surface area (Å²) in [7, 11) is 3.41. The maximum Gasteiger partial charge on any atom is 0.407 e. The van der Waals surface area contributed by atoms with Gasteiger partial charge in [0, 0.05) is 7.11 Å². The zero-order valence-corrected chi connectivity index (χ0v) is 9.85. The van der Waals surface area contributed by atoms with E-state index >= 15 is 0 Å². The van der Waals surface area contributed by atoms with Gasteiger partial charge in [-0.15, -0.1) is 11.7 Å². The molecule has 0 rings (SSSR count). The molecular weight excluding hydrogens is 226 g/mol. The third-order valence-corrected chi connectivity index (χ3v) is 2.62. The highest BCUT2D eigenvalue weighted by Crippen LogP contribution is 2.13. The van der Waals surface area contributed by atoms with Crippen molar-refractivity contribution in [2.45, 2.75) is 19.1 Å². The van der Waals surface area contributed by atoms with Crippen molar-refractivity contribution in [1.82, 2.24) is 5.32 Å². The zero-order valence-electron chi connectivity index (χ0n) is 8.14. The lowest BCUT2D eigenvalue weighted by atomic mass is 10.2. The van der Waals surface area contributed by atoms with Crippen molar-refractivity contribution < 1.29 is 19.1 Å². The van der Waals surface area contributed by atoms with Crippen molar-refractivity contribution in [2.24, 2.45) is 0 Å². The number of hydrogen-bond acceptors (Lipinski definition) is 6. The van der Waals surface area contributed by atoms with Crippen LogP contribution < -0.4 is 5.32 Å². The zero-order chi connectivity index (χ0) is 11.1. The fourth-order valence-electron chi connectivity index (χ4n) is 0.747. The van der Waals surface area contributed by atoms with E-state index in [1.165, 1.54) is 14.2 Å². The second kappa shape index (κ2) is 6.97. The van der Waals surface area contributed by atoms with Gasteiger partial charge in [0.1, 0.15) is 6.04 Å². The van der Waals surface area contributed by atoms with Crippen LogP contribution in [0, 0.1) is 0 Å². The van der Waals surface area contributed by atoms with Gasteiger partial charge in [-0.25, -0.2) is 4.79 Å². The highest BCUT2D eigenvalue weighted by atomic mass is 33.1. The van der Waals surface area contributed by atoms with Gasteiger partial charge in [0.05, 0.1) is 13.2 Å². The van der Waals surface area contributed by atoms with Crippen LogP contribution in [0.3, 0.4) is 0 Å². The van der Waals surface area contributed by atoms with Crippen LogP contribution >= 0.6 is 22.5 Å². The highest BCUT2D eigenvalue weighted by molar-refractivity contribution is 8.74. The molecule has 0 fully saturated rings. The van der Waals surface area contributed by atoms with Gasteiger partial charge in [-0.1, -0.05) is 0 Å². The fourth-order valence-corrected chi connectivity index (χ4v) is 1.45. The molecule has 0 aromatic heterocycles. The van der Waals surface area contributed by atoms with Crippen LogP contribution in [0.2, 0.25) is 0 Å². The van der Waals surface area contributed by atoms with E-state index in [1.807, 2.05) is 0 Å². The largest absolute Gasteiger partial charge is 0.453 e. The minimum Gasteiger partial charge on any atom is -0.453 e. The van der Waals surface area contributed by atoms with Crippen LogP contribution in [0.4, 0.5) is 4.79 Å². The molecule has 0 aliphatic heterocycles. The van der Waals surface area contributed by atoms with Gasteiger partial charge >= 0.3 is 6.09 Å². The van der Waals surface area contributed by atoms with Gasteiger partial charge in [-0.05, 0) is 17.7 Å². The first-order valence-corrected chi connectivity index (χ1v) is 5.66. The molecule has 0 saturated carbocycles. The molecule has 0 radical (unpaired) electrons. The molecule has 0 bridgehead atoms. The number of methoxy groups -OCH3 is 2. The Morgan fingerprint density at radius 1 is 1.43 bits per heavy atom. The Balaban J connectivity index is 4.39. The van der Waals surface area contributed by atoms with Gasteiger partial charge in [-0.3, -0.25) is 4.79 Å². The molecule has 7 heteroatoms. The predicted octanol–water partition coefficient (Wildman–Crippen LogP) is 0.850. The Bertz CT molecular complexity index is 212. The second-order valence-electron chi connectivity index (χ2n) is 2.46. The summed E-state index contributed by atoms with van der Waals surface area (Å²) in [6.07, 6.45) is -1.10. The first-order chi connectivity index (χ1) is 6.56. The van der Waals surface area contributed by atoms with Gasteiger partial charge in [0.25, 0.3) is 0 Å². The van der Waals surface area contributed by atoms with Crippen LogP contribution in [0.1, 0.15) is 6.92 Å². The van der Waals surface area contributed by atoms with E-state index in [4.69, 9.17) is 4.74 Å². The number of hydrogen-bond donors (Lipinski definition) is 2.